The molecular formula is C21H30O5Si2. The van der Waals surface area contributed by atoms with Crippen LogP contribution in [0.15, 0.2) is 60.7 Å². The SMILES string of the molecule is CO[Si](CCCOCC1CO1)(OC)O[Si](C)(c1ccccc1)c1ccccc1. The summed E-state index contributed by atoms with van der Waals surface area (Å²) in [6.45, 7) is 4.35. The maximum absolute atomic E-state index is 6.89. The number of hydrogen-bond acceptors (Lipinski definition) is 5. The van der Waals surface area contributed by atoms with Crippen molar-refractivity contribution in [2.75, 3.05) is 34.0 Å². The highest BCUT2D eigenvalue weighted by molar-refractivity contribution is 7.00. The highest BCUT2D eigenvalue weighted by atomic mass is 28.5. The standard InChI is InChI=1S/C21H30O5Si2/c1-22-28(23-2,16-10-15-24-17-19-18-25-19)26-27(3,20-11-6-4-7-12-20)21-13-8-5-9-14-21/h4-9,11-14,19H,10,15-18H2,1-3H3. The maximum Gasteiger partial charge on any atom is 0.490 e. The number of epoxide rings is 1. The molecule has 1 fully saturated rings. The van der Waals surface area contributed by atoms with E-state index in [0.717, 1.165) is 13.0 Å². The molecule has 1 aliphatic heterocycles. The predicted octanol–water partition coefficient (Wildman–Crippen LogP) is 2.43. The lowest BCUT2D eigenvalue weighted by Crippen LogP contribution is -2.65. The van der Waals surface area contributed by atoms with Crippen LogP contribution < -0.4 is 10.4 Å². The zero-order chi connectivity index (χ0) is 19.9. The Hall–Kier alpha value is -1.33. The van der Waals surface area contributed by atoms with E-state index in [1.807, 2.05) is 12.1 Å². The van der Waals surface area contributed by atoms with E-state index in [-0.39, 0.29) is 6.10 Å². The molecule has 2 aromatic carbocycles. The highest BCUT2D eigenvalue weighted by Gasteiger charge is 2.48. The summed E-state index contributed by atoms with van der Waals surface area (Å²) in [5.41, 5.74) is 0. The fraction of sp³-hybridized carbons (Fsp3) is 0.429. The van der Waals surface area contributed by atoms with Gasteiger partial charge in [-0.2, -0.15) is 0 Å². The quantitative estimate of drug-likeness (QED) is 0.301. The van der Waals surface area contributed by atoms with Gasteiger partial charge in [-0.15, -0.1) is 0 Å². The van der Waals surface area contributed by atoms with E-state index in [2.05, 4.69) is 55.1 Å². The zero-order valence-corrected chi connectivity index (χ0v) is 18.9. The third-order valence-electron chi connectivity index (χ3n) is 5.11. The molecule has 0 N–H and O–H groups in total. The van der Waals surface area contributed by atoms with Gasteiger partial charge in [0.15, 0.2) is 0 Å². The van der Waals surface area contributed by atoms with Gasteiger partial charge in [0.25, 0.3) is 0 Å². The van der Waals surface area contributed by atoms with Crippen molar-refractivity contribution >= 4 is 27.5 Å². The molecule has 7 heteroatoms. The first kappa shape index (κ1) is 21.4. The van der Waals surface area contributed by atoms with Crippen molar-refractivity contribution in [1.29, 1.82) is 0 Å². The third kappa shape index (κ3) is 5.39. The zero-order valence-electron chi connectivity index (χ0n) is 16.9. The second-order valence-electron chi connectivity index (χ2n) is 7.09. The first-order valence-corrected chi connectivity index (χ1v) is 14.1. The molecule has 1 saturated heterocycles. The minimum Gasteiger partial charge on any atom is -0.407 e. The van der Waals surface area contributed by atoms with Gasteiger partial charge in [-0.05, 0) is 23.3 Å². The van der Waals surface area contributed by atoms with E-state index >= 15 is 0 Å². The minimum absolute atomic E-state index is 0.287. The molecule has 0 aliphatic carbocycles. The molecule has 1 aliphatic rings. The van der Waals surface area contributed by atoms with Gasteiger partial charge in [-0.3, -0.25) is 0 Å². The topological polar surface area (TPSA) is 49.5 Å². The summed E-state index contributed by atoms with van der Waals surface area (Å²) < 4.78 is 29.6. The Kier molecular flexibility index (Phi) is 7.58. The van der Waals surface area contributed by atoms with Crippen molar-refractivity contribution in [2.24, 2.45) is 0 Å². The van der Waals surface area contributed by atoms with Crippen LogP contribution in [0.3, 0.4) is 0 Å². The van der Waals surface area contributed by atoms with Crippen LogP contribution in [0.25, 0.3) is 0 Å². The van der Waals surface area contributed by atoms with Crippen molar-refractivity contribution in [3.8, 4) is 0 Å². The van der Waals surface area contributed by atoms with Crippen molar-refractivity contribution in [3.63, 3.8) is 0 Å². The molecular weight excluding hydrogens is 388 g/mol. The van der Waals surface area contributed by atoms with E-state index in [1.54, 1.807) is 14.2 Å². The number of hydrogen-bond donors (Lipinski definition) is 0. The molecule has 152 valence electrons. The van der Waals surface area contributed by atoms with Crippen LogP contribution in [-0.2, 0) is 22.4 Å². The summed E-state index contributed by atoms with van der Waals surface area (Å²) in [6, 6.07) is 21.6. The first-order valence-electron chi connectivity index (χ1n) is 9.73. The van der Waals surface area contributed by atoms with E-state index in [4.69, 9.17) is 22.4 Å². The average molecular weight is 419 g/mol. The van der Waals surface area contributed by atoms with Gasteiger partial charge in [0, 0.05) is 26.9 Å². The minimum atomic E-state index is -2.86. The van der Waals surface area contributed by atoms with Gasteiger partial charge >= 0.3 is 8.80 Å². The van der Waals surface area contributed by atoms with Crippen LogP contribution in [0, 0.1) is 0 Å². The summed E-state index contributed by atoms with van der Waals surface area (Å²) in [4.78, 5) is 0. The average Bonchev–Trinajstić information content (AvgIpc) is 3.58. The monoisotopic (exact) mass is 418 g/mol. The van der Waals surface area contributed by atoms with Crippen LogP contribution in [0.5, 0.6) is 0 Å². The van der Waals surface area contributed by atoms with Gasteiger partial charge in [0.05, 0.1) is 13.2 Å². The highest BCUT2D eigenvalue weighted by Crippen LogP contribution is 2.22. The normalized spacial score (nSPS) is 16.9. The van der Waals surface area contributed by atoms with Crippen molar-refractivity contribution in [2.45, 2.75) is 25.1 Å². The summed E-state index contributed by atoms with van der Waals surface area (Å²) in [7, 11) is -1.97. The molecule has 28 heavy (non-hydrogen) atoms. The lowest BCUT2D eigenvalue weighted by Gasteiger charge is -2.37. The van der Waals surface area contributed by atoms with Gasteiger partial charge in [-0.1, -0.05) is 60.7 Å². The van der Waals surface area contributed by atoms with E-state index < -0.39 is 17.1 Å². The van der Waals surface area contributed by atoms with Crippen LogP contribution in [0.4, 0.5) is 0 Å². The Balaban J connectivity index is 1.77. The lowest BCUT2D eigenvalue weighted by molar-refractivity contribution is 0.109. The summed E-state index contributed by atoms with van der Waals surface area (Å²) in [5, 5.41) is 2.41. The maximum atomic E-state index is 6.89. The van der Waals surface area contributed by atoms with Gasteiger partial charge in [0.1, 0.15) is 6.10 Å². The second kappa shape index (κ2) is 9.93. The van der Waals surface area contributed by atoms with Crippen molar-refractivity contribution in [3.05, 3.63) is 60.7 Å². The first-order chi connectivity index (χ1) is 13.6. The molecule has 1 unspecified atom stereocenters. The molecule has 1 atom stereocenters. The Morgan fingerprint density at radius 1 is 0.929 bits per heavy atom. The second-order valence-corrected chi connectivity index (χ2v) is 13.8. The Morgan fingerprint density at radius 3 is 1.93 bits per heavy atom. The van der Waals surface area contributed by atoms with Gasteiger partial charge < -0.3 is 22.4 Å². The van der Waals surface area contributed by atoms with Crippen LogP contribution in [0.1, 0.15) is 6.42 Å². The van der Waals surface area contributed by atoms with Crippen molar-refractivity contribution in [1.82, 2.24) is 0 Å². The summed E-state index contributed by atoms with van der Waals surface area (Å²) >= 11 is 0. The van der Waals surface area contributed by atoms with E-state index in [9.17, 15) is 0 Å². The molecule has 0 saturated carbocycles. The Bertz CT molecular complexity index is 666. The van der Waals surface area contributed by atoms with E-state index in [0.29, 0.717) is 19.3 Å². The summed E-state index contributed by atoms with van der Waals surface area (Å²) in [5.74, 6) is 0. The molecule has 0 bridgehead atoms. The third-order valence-corrected chi connectivity index (χ3v) is 13.1. The molecule has 0 radical (unpaired) electrons. The molecule has 0 spiro atoms. The number of rotatable bonds is 12. The Morgan fingerprint density at radius 2 is 1.46 bits per heavy atom. The molecule has 5 nitrogen and oxygen atoms in total. The van der Waals surface area contributed by atoms with Gasteiger partial charge in [-0.25, -0.2) is 0 Å². The molecule has 3 rings (SSSR count). The van der Waals surface area contributed by atoms with Crippen LogP contribution in [0.2, 0.25) is 12.6 Å². The van der Waals surface area contributed by atoms with Crippen LogP contribution in [-0.4, -0.2) is 57.3 Å². The molecule has 1 heterocycles. The van der Waals surface area contributed by atoms with Crippen molar-refractivity contribution < 1.29 is 22.4 Å². The molecule has 0 amide bonds. The Labute approximate surface area is 170 Å². The largest absolute Gasteiger partial charge is 0.490 e. The van der Waals surface area contributed by atoms with Gasteiger partial charge in [0.2, 0.25) is 8.32 Å². The smallest absolute Gasteiger partial charge is 0.407 e. The number of ether oxygens (including phenoxy) is 2. The summed E-state index contributed by atoms with van der Waals surface area (Å²) in [6.07, 6.45) is 1.12. The lowest BCUT2D eigenvalue weighted by atomic mass is 10.4. The fourth-order valence-corrected chi connectivity index (χ4v) is 10.9. The number of benzene rings is 2. The fourth-order valence-electron chi connectivity index (χ4n) is 3.30. The molecule has 0 aromatic heterocycles. The predicted molar refractivity (Wildman–Crippen MR) is 115 cm³/mol. The van der Waals surface area contributed by atoms with Crippen LogP contribution >= 0.6 is 0 Å². The molecule has 2 aromatic rings. The van der Waals surface area contributed by atoms with E-state index in [1.165, 1.54) is 10.4 Å².